The number of ether oxygens (including phenoxy) is 2. The van der Waals surface area contributed by atoms with Crippen molar-refractivity contribution in [2.45, 2.75) is 44.4 Å². The Morgan fingerprint density at radius 2 is 1.75 bits per heavy atom. The Balaban J connectivity index is 1.91. The van der Waals surface area contributed by atoms with Crippen LogP contribution in [0.15, 0.2) is 48.5 Å². The Morgan fingerprint density at radius 3 is 2.39 bits per heavy atom. The lowest BCUT2D eigenvalue weighted by Crippen LogP contribution is -2.42. The number of carbonyl (C=O) groups is 2. The van der Waals surface area contributed by atoms with Gasteiger partial charge in [0.15, 0.2) is 0 Å². The van der Waals surface area contributed by atoms with Gasteiger partial charge in [0.25, 0.3) is 0 Å². The van der Waals surface area contributed by atoms with Crippen molar-refractivity contribution in [2.75, 3.05) is 19.0 Å². The zero-order chi connectivity index (χ0) is 20.0. The van der Waals surface area contributed by atoms with Crippen molar-refractivity contribution in [1.29, 1.82) is 0 Å². The van der Waals surface area contributed by atoms with Crippen LogP contribution in [0.2, 0.25) is 0 Å². The van der Waals surface area contributed by atoms with Crippen LogP contribution in [-0.2, 0) is 14.9 Å². The molecule has 5 heteroatoms. The van der Waals surface area contributed by atoms with Crippen molar-refractivity contribution >= 4 is 17.6 Å². The van der Waals surface area contributed by atoms with Gasteiger partial charge in [0.05, 0.1) is 19.1 Å². The second-order valence-corrected chi connectivity index (χ2v) is 7.10. The molecule has 0 saturated heterocycles. The second kappa shape index (κ2) is 8.91. The van der Waals surface area contributed by atoms with Gasteiger partial charge in [-0.1, -0.05) is 49.6 Å². The van der Waals surface area contributed by atoms with Crippen molar-refractivity contribution in [1.82, 2.24) is 0 Å². The summed E-state index contributed by atoms with van der Waals surface area (Å²) in [6.45, 7) is 2.29. The fourth-order valence-electron chi connectivity index (χ4n) is 3.97. The monoisotopic (exact) mass is 381 g/mol. The first-order chi connectivity index (χ1) is 13.6. The van der Waals surface area contributed by atoms with Gasteiger partial charge in [0, 0.05) is 5.69 Å². The summed E-state index contributed by atoms with van der Waals surface area (Å²) in [7, 11) is 1.33. The highest BCUT2D eigenvalue weighted by molar-refractivity contribution is 6.01. The van der Waals surface area contributed by atoms with Crippen LogP contribution in [-0.4, -0.2) is 25.6 Å². The van der Waals surface area contributed by atoms with Crippen LogP contribution in [0.4, 0.5) is 5.69 Å². The molecule has 0 atom stereocenters. The van der Waals surface area contributed by atoms with Crippen molar-refractivity contribution in [2.24, 2.45) is 0 Å². The summed E-state index contributed by atoms with van der Waals surface area (Å²) in [5, 5.41) is 3.04. The second-order valence-electron chi connectivity index (χ2n) is 7.10. The first-order valence-corrected chi connectivity index (χ1v) is 9.83. The first kappa shape index (κ1) is 19.9. The third-order valence-corrected chi connectivity index (χ3v) is 5.41. The molecule has 0 aliphatic heterocycles. The molecule has 28 heavy (non-hydrogen) atoms. The first-order valence-electron chi connectivity index (χ1n) is 9.83. The molecule has 2 aromatic carbocycles. The summed E-state index contributed by atoms with van der Waals surface area (Å²) in [6, 6.07) is 15.1. The Hall–Kier alpha value is -2.82. The number of hydrogen-bond acceptors (Lipinski definition) is 4. The summed E-state index contributed by atoms with van der Waals surface area (Å²) in [5.74, 6) is -0.0730. The largest absolute Gasteiger partial charge is 0.493 e. The summed E-state index contributed by atoms with van der Waals surface area (Å²) in [6.07, 6.45) is 4.85. The average Bonchev–Trinajstić information content (AvgIpc) is 2.75. The van der Waals surface area contributed by atoms with E-state index >= 15 is 0 Å². The van der Waals surface area contributed by atoms with E-state index in [-0.39, 0.29) is 5.91 Å². The molecule has 1 aliphatic carbocycles. The summed E-state index contributed by atoms with van der Waals surface area (Å²) in [4.78, 5) is 25.5. The van der Waals surface area contributed by atoms with Gasteiger partial charge < -0.3 is 14.8 Å². The number of esters is 1. The van der Waals surface area contributed by atoms with E-state index in [4.69, 9.17) is 9.47 Å². The lowest BCUT2D eigenvalue weighted by molar-refractivity contribution is -0.122. The Kier molecular flexibility index (Phi) is 6.34. The van der Waals surface area contributed by atoms with E-state index in [1.807, 2.05) is 37.3 Å². The molecule has 1 fully saturated rings. The molecule has 0 spiro atoms. The Bertz CT molecular complexity index is 826. The van der Waals surface area contributed by atoms with Gasteiger partial charge in [-0.3, -0.25) is 4.79 Å². The van der Waals surface area contributed by atoms with E-state index < -0.39 is 11.4 Å². The lowest BCUT2D eigenvalue weighted by Gasteiger charge is -2.36. The maximum atomic E-state index is 13.4. The van der Waals surface area contributed by atoms with Gasteiger partial charge in [-0.25, -0.2) is 4.79 Å². The number of carbonyl (C=O) groups excluding carboxylic acids is 2. The predicted octanol–water partition coefficient (Wildman–Crippen LogP) is 4.71. The summed E-state index contributed by atoms with van der Waals surface area (Å²) in [5.41, 5.74) is 1.38. The summed E-state index contributed by atoms with van der Waals surface area (Å²) >= 11 is 0. The van der Waals surface area contributed by atoms with Crippen LogP contribution in [0.1, 0.15) is 54.9 Å². The van der Waals surface area contributed by atoms with Crippen LogP contribution in [0.5, 0.6) is 5.75 Å². The molecule has 0 radical (unpaired) electrons. The SMILES string of the molecule is CCOc1ccc(NC(=O)C2(c3ccccc3)CCCCC2)cc1C(=O)OC. The fraction of sp³-hybridized carbons (Fsp3) is 0.391. The Morgan fingerprint density at radius 1 is 1.04 bits per heavy atom. The minimum Gasteiger partial charge on any atom is -0.493 e. The van der Waals surface area contributed by atoms with Crippen molar-refractivity contribution in [3.8, 4) is 5.75 Å². The topological polar surface area (TPSA) is 64.6 Å². The van der Waals surface area contributed by atoms with Gasteiger partial charge in [-0.2, -0.15) is 0 Å². The number of benzene rings is 2. The lowest BCUT2D eigenvalue weighted by atomic mass is 9.68. The third kappa shape index (κ3) is 4.03. The van der Waals surface area contributed by atoms with E-state index in [0.29, 0.717) is 23.6 Å². The molecule has 3 rings (SSSR count). The molecule has 1 aliphatic rings. The number of amides is 1. The predicted molar refractivity (Wildman–Crippen MR) is 109 cm³/mol. The number of anilines is 1. The number of methoxy groups -OCH3 is 1. The molecule has 1 amide bonds. The van der Waals surface area contributed by atoms with Crippen molar-refractivity contribution < 1.29 is 19.1 Å². The van der Waals surface area contributed by atoms with Gasteiger partial charge in [0.2, 0.25) is 5.91 Å². The number of rotatable bonds is 6. The molecule has 0 heterocycles. The van der Waals surface area contributed by atoms with E-state index in [9.17, 15) is 9.59 Å². The van der Waals surface area contributed by atoms with E-state index in [2.05, 4.69) is 5.32 Å². The van der Waals surface area contributed by atoms with Crippen LogP contribution >= 0.6 is 0 Å². The average molecular weight is 381 g/mol. The molecule has 0 aromatic heterocycles. The standard InChI is InChI=1S/C23H27NO4/c1-3-28-20-13-12-18(16-19(20)21(25)27-2)24-22(26)23(14-8-5-9-15-23)17-10-6-4-7-11-17/h4,6-7,10-13,16H,3,5,8-9,14-15H2,1-2H3,(H,24,26). The van der Waals surface area contributed by atoms with Crippen LogP contribution < -0.4 is 10.1 Å². The number of nitrogens with one attached hydrogen (secondary N) is 1. The van der Waals surface area contributed by atoms with Gasteiger partial charge in [-0.05, 0) is 43.5 Å². The molecule has 1 N–H and O–H groups in total. The third-order valence-electron chi connectivity index (χ3n) is 5.41. The van der Waals surface area contributed by atoms with Crippen LogP contribution in [0.25, 0.3) is 0 Å². The van der Waals surface area contributed by atoms with E-state index in [0.717, 1.165) is 37.7 Å². The molecule has 0 unspecified atom stereocenters. The molecule has 5 nitrogen and oxygen atoms in total. The molecule has 1 saturated carbocycles. The van der Waals surface area contributed by atoms with Crippen LogP contribution in [0.3, 0.4) is 0 Å². The maximum Gasteiger partial charge on any atom is 0.341 e. The number of hydrogen-bond donors (Lipinski definition) is 1. The zero-order valence-electron chi connectivity index (χ0n) is 16.5. The highest BCUT2D eigenvalue weighted by Crippen LogP contribution is 2.40. The minimum atomic E-state index is -0.538. The van der Waals surface area contributed by atoms with E-state index in [1.165, 1.54) is 7.11 Å². The van der Waals surface area contributed by atoms with Crippen molar-refractivity contribution in [3.63, 3.8) is 0 Å². The van der Waals surface area contributed by atoms with Gasteiger partial charge >= 0.3 is 5.97 Å². The molecule has 2 aromatic rings. The highest BCUT2D eigenvalue weighted by atomic mass is 16.5. The van der Waals surface area contributed by atoms with Gasteiger partial charge in [0.1, 0.15) is 11.3 Å². The molecule has 148 valence electrons. The Labute approximate surface area is 166 Å². The summed E-state index contributed by atoms with van der Waals surface area (Å²) < 4.78 is 10.4. The minimum absolute atomic E-state index is 0.0293. The zero-order valence-corrected chi connectivity index (χ0v) is 16.5. The molecular weight excluding hydrogens is 354 g/mol. The van der Waals surface area contributed by atoms with Crippen molar-refractivity contribution in [3.05, 3.63) is 59.7 Å². The normalized spacial score (nSPS) is 15.5. The molecular formula is C23H27NO4. The van der Waals surface area contributed by atoms with E-state index in [1.54, 1.807) is 18.2 Å². The maximum absolute atomic E-state index is 13.4. The smallest absolute Gasteiger partial charge is 0.341 e. The van der Waals surface area contributed by atoms with Crippen LogP contribution in [0, 0.1) is 0 Å². The molecule has 0 bridgehead atoms. The van der Waals surface area contributed by atoms with Gasteiger partial charge in [-0.15, -0.1) is 0 Å². The highest BCUT2D eigenvalue weighted by Gasteiger charge is 2.41. The fourth-order valence-corrected chi connectivity index (χ4v) is 3.97. The quantitative estimate of drug-likeness (QED) is 0.736.